The van der Waals surface area contributed by atoms with Crippen molar-refractivity contribution in [2.24, 2.45) is 5.92 Å². The molecule has 1 aliphatic heterocycles. The smallest absolute Gasteiger partial charge is 0.0264 e. The lowest BCUT2D eigenvalue weighted by Crippen LogP contribution is -2.23. The second-order valence-corrected chi connectivity index (χ2v) is 4.65. The zero-order valence-electron chi connectivity index (χ0n) is 9.03. The maximum absolute atomic E-state index is 5.86. The van der Waals surface area contributed by atoms with E-state index in [-0.39, 0.29) is 0 Å². The molecule has 1 unspecified atom stereocenters. The number of likely N-dealkylation sites (tertiary alicyclic amines) is 1. The Morgan fingerprint density at radius 1 is 1.27 bits per heavy atom. The van der Waals surface area contributed by atoms with Crippen LogP contribution in [0.3, 0.4) is 0 Å². The highest BCUT2D eigenvalue weighted by molar-refractivity contribution is 6.18. The van der Waals surface area contributed by atoms with Gasteiger partial charge in [0.1, 0.15) is 0 Å². The summed E-state index contributed by atoms with van der Waals surface area (Å²) >= 11 is 5.86. The van der Waals surface area contributed by atoms with Gasteiger partial charge in [0.15, 0.2) is 0 Å². The normalized spacial score (nSPS) is 22.1. The van der Waals surface area contributed by atoms with E-state index >= 15 is 0 Å². The molecule has 1 fully saturated rings. The van der Waals surface area contributed by atoms with Crippen molar-refractivity contribution >= 4 is 11.6 Å². The minimum absolute atomic E-state index is 0.724. The maximum Gasteiger partial charge on any atom is 0.0264 e. The second kappa shape index (κ2) is 5.53. The van der Waals surface area contributed by atoms with Crippen LogP contribution in [0.25, 0.3) is 0 Å². The van der Waals surface area contributed by atoms with Gasteiger partial charge >= 0.3 is 0 Å². The molecular weight excluding hydrogens is 206 g/mol. The summed E-state index contributed by atoms with van der Waals surface area (Å²) in [6.45, 7) is 3.60. The van der Waals surface area contributed by atoms with Gasteiger partial charge in [-0.3, -0.25) is 0 Å². The van der Waals surface area contributed by atoms with E-state index in [9.17, 15) is 0 Å². The summed E-state index contributed by atoms with van der Waals surface area (Å²) in [5, 5.41) is 0. The van der Waals surface area contributed by atoms with Crippen LogP contribution in [-0.2, 0) is 6.42 Å². The van der Waals surface area contributed by atoms with Crippen molar-refractivity contribution < 1.29 is 0 Å². The monoisotopic (exact) mass is 223 g/mol. The van der Waals surface area contributed by atoms with Crippen molar-refractivity contribution in [3.05, 3.63) is 35.9 Å². The van der Waals surface area contributed by atoms with Crippen LogP contribution in [-0.4, -0.2) is 30.4 Å². The summed E-state index contributed by atoms with van der Waals surface area (Å²) in [5.41, 5.74) is 1.44. The lowest BCUT2D eigenvalue weighted by atomic mass is 10.1. The van der Waals surface area contributed by atoms with E-state index in [2.05, 4.69) is 35.2 Å². The fourth-order valence-corrected chi connectivity index (χ4v) is 2.43. The largest absolute Gasteiger partial charge is 0.303 e. The molecule has 0 N–H and O–H groups in total. The lowest BCUT2D eigenvalue weighted by molar-refractivity contribution is 0.333. The molecular formula is C13H18ClN. The molecule has 0 bridgehead atoms. The zero-order valence-corrected chi connectivity index (χ0v) is 9.79. The van der Waals surface area contributed by atoms with E-state index in [0.717, 1.165) is 18.2 Å². The molecule has 15 heavy (non-hydrogen) atoms. The SMILES string of the molecule is ClCC1CCN(CCc2ccccc2)C1. The average molecular weight is 224 g/mol. The third-order valence-corrected chi connectivity index (χ3v) is 3.58. The molecule has 1 aliphatic rings. The van der Waals surface area contributed by atoms with Crippen molar-refractivity contribution in [1.82, 2.24) is 4.90 Å². The number of halogens is 1. The van der Waals surface area contributed by atoms with Gasteiger partial charge in [0.25, 0.3) is 0 Å². The second-order valence-electron chi connectivity index (χ2n) is 4.35. The van der Waals surface area contributed by atoms with Crippen molar-refractivity contribution in [3.63, 3.8) is 0 Å². The number of benzene rings is 1. The Labute approximate surface area is 97.0 Å². The summed E-state index contributed by atoms with van der Waals surface area (Å²) in [7, 11) is 0. The molecule has 0 amide bonds. The van der Waals surface area contributed by atoms with Crippen LogP contribution in [0.2, 0.25) is 0 Å². The standard InChI is InChI=1S/C13H18ClN/c14-10-13-7-9-15(11-13)8-6-12-4-2-1-3-5-12/h1-5,13H,6-11H2. The molecule has 1 saturated heterocycles. The summed E-state index contributed by atoms with van der Waals surface area (Å²) in [5.74, 6) is 1.55. The Hall–Kier alpha value is -0.530. The first-order valence-electron chi connectivity index (χ1n) is 5.70. The van der Waals surface area contributed by atoms with Crippen molar-refractivity contribution in [1.29, 1.82) is 0 Å². The van der Waals surface area contributed by atoms with Crippen LogP contribution in [0, 0.1) is 5.92 Å². The first kappa shape index (κ1) is 11.0. The van der Waals surface area contributed by atoms with Crippen LogP contribution >= 0.6 is 11.6 Å². The van der Waals surface area contributed by atoms with E-state index in [4.69, 9.17) is 11.6 Å². The minimum Gasteiger partial charge on any atom is -0.303 e. The Morgan fingerprint density at radius 3 is 2.73 bits per heavy atom. The van der Waals surface area contributed by atoms with E-state index in [1.54, 1.807) is 0 Å². The number of hydrogen-bond donors (Lipinski definition) is 0. The van der Waals surface area contributed by atoms with Crippen LogP contribution in [0.5, 0.6) is 0 Å². The molecule has 82 valence electrons. The number of alkyl halides is 1. The fraction of sp³-hybridized carbons (Fsp3) is 0.538. The van der Waals surface area contributed by atoms with Crippen LogP contribution < -0.4 is 0 Å². The molecule has 1 nitrogen and oxygen atoms in total. The van der Waals surface area contributed by atoms with Gasteiger partial charge < -0.3 is 4.90 Å². The predicted molar refractivity (Wildman–Crippen MR) is 65.4 cm³/mol. The highest BCUT2D eigenvalue weighted by Gasteiger charge is 2.20. The molecule has 2 rings (SSSR count). The number of rotatable bonds is 4. The maximum atomic E-state index is 5.86. The highest BCUT2D eigenvalue weighted by atomic mass is 35.5. The summed E-state index contributed by atoms with van der Waals surface area (Å²) in [6, 6.07) is 10.7. The van der Waals surface area contributed by atoms with Gasteiger partial charge in [-0.25, -0.2) is 0 Å². The molecule has 1 heterocycles. The lowest BCUT2D eigenvalue weighted by Gasteiger charge is -2.15. The van der Waals surface area contributed by atoms with E-state index < -0.39 is 0 Å². The summed E-state index contributed by atoms with van der Waals surface area (Å²) in [4.78, 5) is 2.53. The Morgan fingerprint density at radius 2 is 2.07 bits per heavy atom. The predicted octanol–water partition coefficient (Wildman–Crippen LogP) is 2.79. The zero-order chi connectivity index (χ0) is 10.5. The third kappa shape index (κ3) is 3.22. The highest BCUT2D eigenvalue weighted by Crippen LogP contribution is 2.17. The minimum atomic E-state index is 0.724. The molecule has 1 aromatic carbocycles. The van der Waals surface area contributed by atoms with E-state index in [1.807, 2.05) is 0 Å². The molecule has 2 heteroatoms. The first-order chi connectivity index (χ1) is 7.38. The van der Waals surface area contributed by atoms with Crippen molar-refractivity contribution in [3.8, 4) is 0 Å². The average Bonchev–Trinajstić information content (AvgIpc) is 2.76. The molecule has 0 aliphatic carbocycles. The Bertz CT molecular complexity index is 286. The third-order valence-electron chi connectivity index (χ3n) is 3.15. The van der Waals surface area contributed by atoms with Crippen LogP contribution in [0.4, 0.5) is 0 Å². The van der Waals surface area contributed by atoms with Crippen molar-refractivity contribution in [2.75, 3.05) is 25.5 Å². The first-order valence-corrected chi connectivity index (χ1v) is 6.24. The van der Waals surface area contributed by atoms with Gasteiger partial charge in [0, 0.05) is 19.0 Å². The van der Waals surface area contributed by atoms with Crippen molar-refractivity contribution in [2.45, 2.75) is 12.8 Å². The van der Waals surface area contributed by atoms with Gasteiger partial charge in [-0.15, -0.1) is 11.6 Å². The van der Waals surface area contributed by atoms with Crippen LogP contribution in [0.1, 0.15) is 12.0 Å². The number of nitrogens with zero attached hydrogens (tertiary/aromatic N) is 1. The summed E-state index contributed by atoms with van der Waals surface area (Å²) in [6.07, 6.45) is 2.44. The Balaban J connectivity index is 1.75. The molecule has 0 aromatic heterocycles. The molecule has 0 radical (unpaired) electrons. The van der Waals surface area contributed by atoms with Gasteiger partial charge in [-0.1, -0.05) is 30.3 Å². The molecule has 1 aromatic rings. The van der Waals surface area contributed by atoms with E-state index in [0.29, 0.717) is 0 Å². The fourth-order valence-electron chi connectivity index (χ4n) is 2.17. The molecule has 1 atom stereocenters. The number of hydrogen-bond acceptors (Lipinski definition) is 1. The molecule has 0 spiro atoms. The molecule has 0 saturated carbocycles. The van der Waals surface area contributed by atoms with Gasteiger partial charge in [-0.2, -0.15) is 0 Å². The quantitative estimate of drug-likeness (QED) is 0.710. The van der Waals surface area contributed by atoms with E-state index in [1.165, 1.54) is 31.6 Å². The van der Waals surface area contributed by atoms with Crippen LogP contribution in [0.15, 0.2) is 30.3 Å². The topological polar surface area (TPSA) is 3.24 Å². The van der Waals surface area contributed by atoms with Gasteiger partial charge in [-0.05, 0) is 30.9 Å². The Kier molecular flexibility index (Phi) is 4.04. The van der Waals surface area contributed by atoms with Gasteiger partial charge in [0.05, 0.1) is 0 Å². The summed E-state index contributed by atoms with van der Waals surface area (Å²) < 4.78 is 0. The van der Waals surface area contributed by atoms with Gasteiger partial charge in [0.2, 0.25) is 0 Å².